The Hall–Kier alpha value is -0.520. The molecule has 0 nitrogen and oxygen atoms in total. The second kappa shape index (κ2) is 6.75. The van der Waals surface area contributed by atoms with E-state index in [-0.39, 0.29) is 0 Å². The molecule has 158 valence electrons. The maximum Gasteiger partial charge on any atom is -0.00566 e. The lowest BCUT2D eigenvalue weighted by Gasteiger charge is -2.67. The summed E-state index contributed by atoms with van der Waals surface area (Å²) in [6.07, 6.45) is 18.9. The third-order valence-electron chi connectivity index (χ3n) is 11.1. The molecule has 0 amide bonds. The van der Waals surface area contributed by atoms with Crippen molar-refractivity contribution in [3.8, 4) is 0 Å². The summed E-state index contributed by atoms with van der Waals surface area (Å²) < 4.78 is 0. The summed E-state index contributed by atoms with van der Waals surface area (Å²) in [4.78, 5) is 0. The summed E-state index contributed by atoms with van der Waals surface area (Å²) >= 11 is 0. The maximum absolute atomic E-state index is 3.96. The second-order valence-electron chi connectivity index (χ2n) is 12.6. The zero-order valence-electron chi connectivity index (χ0n) is 19.7. The molecule has 0 bridgehead atoms. The highest BCUT2D eigenvalue weighted by Crippen LogP contribution is 2.74. The highest BCUT2D eigenvalue weighted by atomic mass is 14.7. The fraction of sp³-hybridized carbons (Fsp3) is 0.857. The lowest BCUT2D eigenvalue weighted by atomic mass is 9.37. The Kier molecular flexibility index (Phi) is 5.00. The molecule has 3 saturated carbocycles. The van der Waals surface area contributed by atoms with E-state index in [1.807, 2.05) is 5.57 Å². The van der Waals surface area contributed by atoms with Gasteiger partial charge < -0.3 is 0 Å². The largest absolute Gasteiger partial charge is 0.103 e. The standard InChI is InChI=1S/C28H46/c1-8-9-11-20(2)21-14-18-27(6)22(21)12-13-24-26(5)17-10-16-25(3,4)23(26)15-19-28(24,27)7/h8,12,20-21,23-24H,1,9-11,13-19H2,2-7H3/t20-,21-,23+,24-,26+,27-,28-/m1/s1. The maximum atomic E-state index is 3.96. The smallest absolute Gasteiger partial charge is 0.00566 e. The van der Waals surface area contributed by atoms with Gasteiger partial charge in [-0.25, -0.2) is 0 Å². The predicted molar refractivity (Wildman–Crippen MR) is 122 cm³/mol. The molecule has 7 atom stereocenters. The van der Waals surface area contributed by atoms with E-state index >= 15 is 0 Å². The molecule has 0 aliphatic heterocycles. The van der Waals surface area contributed by atoms with E-state index in [4.69, 9.17) is 0 Å². The van der Waals surface area contributed by atoms with Crippen LogP contribution in [0, 0.1) is 45.3 Å². The van der Waals surface area contributed by atoms with Gasteiger partial charge >= 0.3 is 0 Å². The fourth-order valence-corrected chi connectivity index (χ4v) is 9.40. The number of fused-ring (bicyclic) bond motifs is 5. The minimum Gasteiger partial charge on any atom is -0.103 e. The Morgan fingerprint density at radius 2 is 1.79 bits per heavy atom. The van der Waals surface area contributed by atoms with Crippen molar-refractivity contribution in [3.63, 3.8) is 0 Å². The van der Waals surface area contributed by atoms with Crippen LogP contribution in [0.3, 0.4) is 0 Å². The molecule has 0 aromatic heterocycles. The van der Waals surface area contributed by atoms with Crippen molar-refractivity contribution in [2.24, 2.45) is 45.3 Å². The summed E-state index contributed by atoms with van der Waals surface area (Å²) in [5.74, 6) is 3.45. The van der Waals surface area contributed by atoms with Crippen LogP contribution in [0.4, 0.5) is 0 Å². The predicted octanol–water partition coefficient (Wildman–Crippen LogP) is 8.58. The third-order valence-corrected chi connectivity index (χ3v) is 11.1. The van der Waals surface area contributed by atoms with Crippen molar-refractivity contribution in [2.75, 3.05) is 0 Å². The Morgan fingerprint density at radius 1 is 1.04 bits per heavy atom. The highest BCUT2D eigenvalue weighted by molar-refractivity contribution is 5.32. The summed E-state index contributed by atoms with van der Waals surface area (Å²) in [6, 6.07) is 0. The van der Waals surface area contributed by atoms with Crippen LogP contribution in [-0.4, -0.2) is 0 Å². The summed E-state index contributed by atoms with van der Waals surface area (Å²) in [7, 11) is 0. The Labute approximate surface area is 175 Å². The fourth-order valence-electron chi connectivity index (χ4n) is 9.40. The van der Waals surface area contributed by atoms with E-state index < -0.39 is 0 Å². The highest BCUT2D eigenvalue weighted by Gasteiger charge is 2.65. The zero-order valence-corrected chi connectivity index (χ0v) is 19.7. The SMILES string of the molecule is C=CCC[C@@H](C)[C@H]1CC[C@]2(C)C1=CC[C@@H]1[C@@]3(C)CCCC(C)(C)[C@@H]3CC[C@]12C. The molecule has 0 aromatic rings. The van der Waals surface area contributed by atoms with Crippen molar-refractivity contribution >= 4 is 0 Å². The van der Waals surface area contributed by atoms with Crippen LogP contribution in [0.15, 0.2) is 24.3 Å². The third kappa shape index (κ3) is 2.68. The van der Waals surface area contributed by atoms with Gasteiger partial charge in [0.05, 0.1) is 0 Å². The molecule has 0 spiro atoms. The van der Waals surface area contributed by atoms with Crippen molar-refractivity contribution in [2.45, 2.75) is 106 Å². The van der Waals surface area contributed by atoms with Gasteiger partial charge in [0.15, 0.2) is 0 Å². The van der Waals surface area contributed by atoms with E-state index in [2.05, 4.69) is 60.3 Å². The van der Waals surface area contributed by atoms with Crippen LogP contribution in [0.5, 0.6) is 0 Å². The Morgan fingerprint density at radius 3 is 2.50 bits per heavy atom. The molecule has 4 aliphatic carbocycles. The number of rotatable bonds is 4. The normalized spacial score (nSPS) is 48.1. The zero-order chi connectivity index (χ0) is 20.4. The molecule has 0 radical (unpaired) electrons. The van der Waals surface area contributed by atoms with Gasteiger partial charge in [-0.15, -0.1) is 6.58 Å². The first-order chi connectivity index (χ1) is 13.1. The molecule has 3 fully saturated rings. The topological polar surface area (TPSA) is 0 Å². The molecule has 0 aromatic carbocycles. The molecular formula is C28H46. The van der Waals surface area contributed by atoms with E-state index in [1.54, 1.807) is 0 Å². The van der Waals surface area contributed by atoms with Gasteiger partial charge in [-0.05, 0) is 103 Å². The molecule has 4 rings (SSSR count). The van der Waals surface area contributed by atoms with Crippen LogP contribution < -0.4 is 0 Å². The first kappa shape index (κ1) is 20.7. The average molecular weight is 383 g/mol. The average Bonchev–Trinajstić information content (AvgIpc) is 2.97. The Bertz CT molecular complexity index is 653. The molecule has 0 heterocycles. The molecule has 0 unspecified atom stereocenters. The number of allylic oxidation sites excluding steroid dienone is 3. The lowest BCUT2D eigenvalue weighted by molar-refractivity contribution is -0.164. The van der Waals surface area contributed by atoms with Crippen molar-refractivity contribution in [1.29, 1.82) is 0 Å². The summed E-state index contributed by atoms with van der Waals surface area (Å²) in [5, 5.41) is 0. The van der Waals surface area contributed by atoms with Gasteiger partial charge in [0, 0.05) is 0 Å². The quantitative estimate of drug-likeness (QED) is 0.427. The van der Waals surface area contributed by atoms with Gasteiger partial charge in [-0.1, -0.05) is 65.7 Å². The number of hydrogen-bond donors (Lipinski definition) is 0. The van der Waals surface area contributed by atoms with Gasteiger partial charge in [0.25, 0.3) is 0 Å². The molecule has 0 N–H and O–H groups in total. The van der Waals surface area contributed by atoms with E-state index in [0.29, 0.717) is 21.7 Å². The van der Waals surface area contributed by atoms with Crippen molar-refractivity contribution in [3.05, 3.63) is 24.3 Å². The van der Waals surface area contributed by atoms with Crippen LogP contribution in [0.2, 0.25) is 0 Å². The van der Waals surface area contributed by atoms with Crippen LogP contribution >= 0.6 is 0 Å². The van der Waals surface area contributed by atoms with E-state index in [1.165, 1.54) is 64.2 Å². The van der Waals surface area contributed by atoms with Gasteiger partial charge in [0.1, 0.15) is 0 Å². The van der Waals surface area contributed by atoms with Crippen LogP contribution in [-0.2, 0) is 0 Å². The first-order valence-corrected chi connectivity index (χ1v) is 12.4. The summed E-state index contributed by atoms with van der Waals surface area (Å²) in [6.45, 7) is 19.8. The number of hydrogen-bond acceptors (Lipinski definition) is 0. The molecular weight excluding hydrogens is 336 g/mol. The second-order valence-corrected chi connectivity index (χ2v) is 12.6. The van der Waals surface area contributed by atoms with E-state index in [0.717, 1.165) is 23.7 Å². The molecule has 4 aliphatic rings. The minimum atomic E-state index is 0.443. The van der Waals surface area contributed by atoms with Crippen LogP contribution in [0.25, 0.3) is 0 Å². The van der Waals surface area contributed by atoms with Gasteiger partial charge in [-0.3, -0.25) is 0 Å². The van der Waals surface area contributed by atoms with Crippen LogP contribution in [0.1, 0.15) is 106 Å². The molecule has 28 heavy (non-hydrogen) atoms. The monoisotopic (exact) mass is 382 g/mol. The van der Waals surface area contributed by atoms with Gasteiger partial charge in [0.2, 0.25) is 0 Å². The minimum absolute atomic E-state index is 0.443. The lowest BCUT2D eigenvalue weighted by Crippen LogP contribution is -2.60. The van der Waals surface area contributed by atoms with Crippen molar-refractivity contribution in [1.82, 2.24) is 0 Å². The van der Waals surface area contributed by atoms with Crippen molar-refractivity contribution < 1.29 is 0 Å². The first-order valence-electron chi connectivity index (χ1n) is 12.4. The molecule has 0 saturated heterocycles. The van der Waals surface area contributed by atoms with Gasteiger partial charge in [-0.2, -0.15) is 0 Å². The summed E-state index contributed by atoms with van der Waals surface area (Å²) in [5.41, 5.74) is 3.91. The van der Waals surface area contributed by atoms with E-state index in [9.17, 15) is 0 Å². The Balaban J connectivity index is 1.69. The molecule has 0 heteroatoms.